The van der Waals surface area contributed by atoms with Crippen molar-refractivity contribution < 1.29 is 0 Å². The molecule has 1 aliphatic rings. The summed E-state index contributed by atoms with van der Waals surface area (Å²) in [6.45, 7) is 6.88. The van der Waals surface area contributed by atoms with Crippen molar-refractivity contribution in [2.45, 2.75) is 57.4 Å². The number of rotatable bonds is 5. The van der Waals surface area contributed by atoms with E-state index in [-0.39, 0.29) is 0 Å². The zero-order valence-electron chi connectivity index (χ0n) is 13.2. The molecule has 0 spiro atoms. The van der Waals surface area contributed by atoms with Crippen LogP contribution in [-0.2, 0) is 0 Å². The molecule has 3 heteroatoms. The van der Waals surface area contributed by atoms with Crippen LogP contribution < -0.4 is 5.32 Å². The Hall–Kier alpha value is -0.510. The van der Waals surface area contributed by atoms with Gasteiger partial charge in [-0.05, 0) is 55.9 Å². The van der Waals surface area contributed by atoms with Crippen LogP contribution in [0.3, 0.4) is 0 Å². The second-order valence-electron chi connectivity index (χ2n) is 6.06. The highest BCUT2D eigenvalue weighted by molar-refractivity contribution is 7.99. The Bertz CT molecular complexity index is 604. The van der Waals surface area contributed by atoms with E-state index in [1.807, 2.05) is 11.3 Å². The average Bonchev–Trinajstić information content (AvgIpc) is 3.05. The maximum Gasteiger partial charge on any atom is 0.0391 e. The van der Waals surface area contributed by atoms with Crippen LogP contribution in [0.4, 0.5) is 0 Å². The predicted molar refractivity (Wildman–Crippen MR) is 97.7 cm³/mol. The lowest BCUT2D eigenvalue weighted by Gasteiger charge is -2.19. The van der Waals surface area contributed by atoms with Gasteiger partial charge in [-0.25, -0.2) is 0 Å². The quantitative estimate of drug-likeness (QED) is 0.777. The minimum Gasteiger partial charge on any atom is -0.307 e. The number of hydrogen-bond donors (Lipinski definition) is 1. The first-order valence-corrected chi connectivity index (χ1v) is 9.91. The highest BCUT2D eigenvalue weighted by Crippen LogP contribution is 2.36. The van der Waals surface area contributed by atoms with Crippen molar-refractivity contribution in [3.63, 3.8) is 0 Å². The molecule has 1 nitrogen and oxygen atoms in total. The molecular weight excluding hydrogens is 294 g/mol. The highest BCUT2D eigenvalue weighted by atomic mass is 32.2. The SMILES string of the molecule is CCSC1CCC(NC(C)c2sc3ccccc3c2C)C1. The lowest BCUT2D eigenvalue weighted by atomic mass is 10.1. The number of thioether (sulfide) groups is 1. The third-order valence-electron chi connectivity index (χ3n) is 4.55. The summed E-state index contributed by atoms with van der Waals surface area (Å²) in [7, 11) is 0. The molecule has 114 valence electrons. The van der Waals surface area contributed by atoms with Crippen molar-refractivity contribution in [1.29, 1.82) is 0 Å². The predicted octanol–water partition coefficient (Wildman–Crippen LogP) is 5.53. The summed E-state index contributed by atoms with van der Waals surface area (Å²) in [5.74, 6) is 1.25. The fourth-order valence-electron chi connectivity index (χ4n) is 3.51. The summed E-state index contributed by atoms with van der Waals surface area (Å²) < 4.78 is 1.42. The molecule has 1 saturated carbocycles. The summed E-state index contributed by atoms with van der Waals surface area (Å²) in [5, 5.41) is 6.19. The molecule has 1 aromatic carbocycles. The summed E-state index contributed by atoms with van der Waals surface area (Å²) >= 11 is 4.09. The third kappa shape index (κ3) is 3.30. The minimum atomic E-state index is 0.470. The standard InChI is InChI=1S/C18H25NS2/c1-4-20-15-10-9-14(11-15)19-13(3)18-12(2)16-7-5-6-8-17(16)21-18/h5-8,13-15,19H,4,9-11H2,1-3H3. The van der Waals surface area contributed by atoms with Crippen molar-refractivity contribution >= 4 is 33.2 Å². The van der Waals surface area contributed by atoms with Crippen LogP contribution in [-0.4, -0.2) is 17.0 Å². The van der Waals surface area contributed by atoms with Gasteiger partial charge in [-0.1, -0.05) is 25.1 Å². The van der Waals surface area contributed by atoms with E-state index < -0.39 is 0 Å². The first-order valence-electron chi connectivity index (χ1n) is 8.04. The van der Waals surface area contributed by atoms with Gasteiger partial charge in [0.15, 0.2) is 0 Å². The molecule has 1 aliphatic carbocycles. The molecule has 0 amide bonds. The molecule has 0 saturated heterocycles. The topological polar surface area (TPSA) is 12.0 Å². The normalized spacial score (nSPS) is 23.8. The van der Waals surface area contributed by atoms with Crippen LogP contribution in [0.1, 0.15) is 49.6 Å². The van der Waals surface area contributed by atoms with E-state index in [2.05, 4.69) is 62.1 Å². The van der Waals surface area contributed by atoms with Crippen LogP contribution in [0, 0.1) is 6.92 Å². The number of fused-ring (bicyclic) bond motifs is 1. The maximum atomic E-state index is 3.88. The lowest BCUT2D eigenvalue weighted by Crippen LogP contribution is -2.29. The van der Waals surface area contributed by atoms with Gasteiger partial charge in [0, 0.05) is 26.9 Å². The number of benzene rings is 1. The van der Waals surface area contributed by atoms with Gasteiger partial charge in [0.2, 0.25) is 0 Å². The van der Waals surface area contributed by atoms with Gasteiger partial charge in [0.1, 0.15) is 0 Å². The highest BCUT2D eigenvalue weighted by Gasteiger charge is 2.26. The van der Waals surface area contributed by atoms with Crippen molar-refractivity contribution in [1.82, 2.24) is 5.32 Å². The molecule has 3 unspecified atom stereocenters. The van der Waals surface area contributed by atoms with Crippen LogP contribution in [0.15, 0.2) is 24.3 Å². The lowest BCUT2D eigenvalue weighted by molar-refractivity contribution is 0.465. The van der Waals surface area contributed by atoms with E-state index in [1.165, 1.54) is 45.5 Å². The molecule has 0 aliphatic heterocycles. The number of aryl methyl sites for hydroxylation is 1. The molecule has 3 rings (SSSR count). The van der Waals surface area contributed by atoms with Gasteiger partial charge in [-0.15, -0.1) is 11.3 Å². The van der Waals surface area contributed by atoms with E-state index in [0.29, 0.717) is 12.1 Å². The van der Waals surface area contributed by atoms with Crippen LogP contribution >= 0.6 is 23.1 Å². The Morgan fingerprint density at radius 2 is 2.14 bits per heavy atom. The molecule has 3 atom stereocenters. The second kappa shape index (κ2) is 6.72. The summed E-state index contributed by atoms with van der Waals surface area (Å²) in [6.07, 6.45) is 4.06. The Balaban J connectivity index is 1.70. The fourth-order valence-corrected chi connectivity index (χ4v) is 5.88. The zero-order valence-corrected chi connectivity index (χ0v) is 14.8. The van der Waals surface area contributed by atoms with Crippen molar-refractivity contribution in [2.24, 2.45) is 0 Å². The summed E-state index contributed by atoms with van der Waals surface area (Å²) in [6, 6.07) is 9.96. The van der Waals surface area contributed by atoms with Gasteiger partial charge in [0.25, 0.3) is 0 Å². The van der Waals surface area contributed by atoms with Crippen molar-refractivity contribution in [2.75, 3.05) is 5.75 Å². The fraction of sp³-hybridized carbons (Fsp3) is 0.556. The van der Waals surface area contributed by atoms with E-state index >= 15 is 0 Å². The first-order chi connectivity index (χ1) is 10.2. The third-order valence-corrected chi connectivity index (χ3v) is 7.23. The molecule has 2 aromatic rings. The number of thiophene rings is 1. The average molecular weight is 320 g/mol. The van der Waals surface area contributed by atoms with E-state index in [0.717, 1.165) is 5.25 Å². The zero-order chi connectivity index (χ0) is 14.8. The number of hydrogen-bond acceptors (Lipinski definition) is 3. The Kier molecular flexibility index (Phi) is 4.92. The molecule has 1 fully saturated rings. The van der Waals surface area contributed by atoms with Gasteiger partial charge < -0.3 is 5.32 Å². The van der Waals surface area contributed by atoms with Crippen molar-refractivity contribution in [3.8, 4) is 0 Å². The van der Waals surface area contributed by atoms with Crippen LogP contribution in [0.5, 0.6) is 0 Å². The second-order valence-corrected chi connectivity index (χ2v) is 8.72. The summed E-state index contributed by atoms with van der Waals surface area (Å²) in [4.78, 5) is 1.52. The molecular formula is C18H25NS2. The van der Waals surface area contributed by atoms with Gasteiger partial charge in [0.05, 0.1) is 0 Å². The monoisotopic (exact) mass is 319 g/mol. The minimum absolute atomic E-state index is 0.470. The molecule has 21 heavy (non-hydrogen) atoms. The van der Waals surface area contributed by atoms with Crippen LogP contribution in [0.25, 0.3) is 10.1 Å². The van der Waals surface area contributed by atoms with Gasteiger partial charge in [-0.2, -0.15) is 11.8 Å². The van der Waals surface area contributed by atoms with E-state index in [1.54, 1.807) is 0 Å². The van der Waals surface area contributed by atoms with Gasteiger partial charge >= 0.3 is 0 Å². The van der Waals surface area contributed by atoms with E-state index in [9.17, 15) is 0 Å². The summed E-state index contributed by atoms with van der Waals surface area (Å²) in [5.41, 5.74) is 1.47. The molecule has 0 radical (unpaired) electrons. The Morgan fingerprint density at radius 1 is 1.33 bits per heavy atom. The first kappa shape index (κ1) is 15.4. The van der Waals surface area contributed by atoms with Gasteiger partial charge in [-0.3, -0.25) is 0 Å². The molecule has 1 N–H and O–H groups in total. The molecule has 1 aromatic heterocycles. The Morgan fingerprint density at radius 3 is 2.90 bits per heavy atom. The Labute approximate surface area is 136 Å². The molecule has 0 bridgehead atoms. The van der Waals surface area contributed by atoms with E-state index in [4.69, 9.17) is 0 Å². The largest absolute Gasteiger partial charge is 0.307 e. The maximum absolute atomic E-state index is 3.88. The van der Waals surface area contributed by atoms with Crippen molar-refractivity contribution in [3.05, 3.63) is 34.7 Å². The number of nitrogens with one attached hydrogen (secondary N) is 1. The molecule has 1 heterocycles. The smallest absolute Gasteiger partial charge is 0.0391 e. The van der Waals surface area contributed by atoms with Crippen LogP contribution in [0.2, 0.25) is 0 Å².